The van der Waals surface area contributed by atoms with Crippen LogP contribution in [0.1, 0.15) is 16.1 Å². The fourth-order valence-corrected chi connectivity index (χ4v) is 1.65. The van der Waals surface area contributed by atoms with Crippen LogP contribution in [0, 0.1) is 6.92 Å². The summed E-state index contributed by atoms with van der Waals surface area (Å²) in [6, 6.07) is 6.73. The minimum absolute atomic E-state index is 0.262. The zero-order valence-corrected chi connectivity index (χ0v) is 11.7. The quantitative estimate of drug-likeness (QED) is 0.594. The number of hydrogen-bond donors (Lipinski definition) is 3. The van der Waals surface area contributed by atoms with Gasteiger partial charge in [-0.2, -0.15) is 0 Å². The molecular weight excluding hydrogens is 310 g/mol. The van der Waals surface area contributed by atoms with Crippen molar-refractivity contribution in [3.8, 4) is 0 Å². The molecule has 0 saturated carbocycles. The maximum atomic E-state index is 12.0. The third-order valence-electron chi connectivity index (χ3n) is 2.42. The van der Waals surface area contributed by atoms with Gasteiger partial charge in [-0.25, -0.2) is 15.8 Å². The van der Waals surface area contributed by atoms with E-state index >= 15 is 0 Å². The molecule has 19 heavy (non-hydrogen) atoms. The Morgan fingerprint density at radius 2 is 2.16 bits per heavy atom. The summed E-state index contributed by atoms with van der Waals surface area (Å²) in [6.45, 7) is 1.92. The molecule has 98 valence electrons. The fraction of sp³-hybridized carbons (Fsp3) is 0.0833. The van der Waals surface area contributed by atoms with Gasteiger partial charge in [0.25, 0.3) is 5.91 Å². The van der Waals surface area contributed by atoms with Crippen molar-refractivity contribution < 1.29 is 4.79 Å². The van der Waals surface area contributed by atoms with E-state index in [-0.39, 0.29) is 11.6 Å². The fourth-order valence-electron chi connectivity index (χ4n) is 1.43. The van der Waals surface area contributed by atoms with Crippen molar-refractivity contribution in [1.29, 1.82) is 0 Å². The van der Waals surface area contributed by atoms with Crippen molar-refractivity contribution in [2.75, 3.05) is 10.7 Å². The van der Waals surface area contributed by atoms with Crippen LogP contribution in [-0.4, -0.2) is 15.9 Å². The average molecular weight is 322 g/mol. The number of aromatic nitrogens is 2. The van der Waals surface area contributed by atoms with Gasteiger partial charge in [0.1, 0.15) is 17.3 Å². The van der Waals surface area contributed by atoms with Gasteiger partial charge >= 0.3 is 0 Å². The van der Waals surface area contributed by atoms with E-state index in [1.54, 1.807) is 30.5 Å². The molecule has 0 bridgehead atoms. The molecule has 6 nitrogen and oxygen atoms in total. The van der Waals surface area contributed by atoms with Crippen molar-refractivity contribution in [2.45, 2.75) is 6.92 Å². The number of nitrogen functional groups attached to an aromatic ring is 1. The monoisotopic (exact) mass is 321 g/mol. The van der Waals surface area contributed by atoms with E-state index in [4.69, 9.17) is 5.84 Å². The number of halogens is 1. The standard InChI is InChI=1S/C12H12BrN5O/c1-7-5-11(15-6-8(7)13)17-12(19)9-3-2-4-10(16-9)18-14/h2-6H,14H2,1H3,(H,16,18)(H,15,17,19). The van der Waals surface area contributed by atoms with Gasteiger partial charge in [-0.05, 0) is 46.6 Å². The summed E-state index contributed by atoms with van der Waals surface area (Å²) in [5.41, 5.74) is 3.63. The molecular formula is C12H12BrN5O. The second kappa shape index (κ2) is 5.77. The van der Waals surface area contributed by atoms with Crippen LogP contribution in [0.15, 0.2) is 34.9 Å². The van der Waals surface area contributed by atoms with Gasteiger partial charge in [0.05, 0.1) is 0 Å². The summed E-state index contributed by atoms with van der Waals surface area (Å²) >= 11 is 3.35. The molecule has 0 fully saturated rings. The van der Waals surface area contributed by atoms with Crippen LogP contribution in [-0.2, 0) is 0 Å². The average Bonchev–Trinajstić information content (AvgIpc) is 2.43. The molecule has 0 aliphatic rings. The van der Waals surface area contributed by atoms with Crippen LogP contribution in [0.2, 0.25) is 0 Å². The zero-order chi connectivity index (χ0) is 13.8. The molecule has 2 heterocycles. The van der Waals surface area contributed by atoms with Gasteiger partial charge in [0.15, 0.2) is 0 Å². The van der Waals surface area contributed by atoms with Crippen LogP contribution >= 0.6 is 15.9 Å². The maximum absolute atomic E-state index is 12.0. The highest BCUT2D eigenvalue weighted by molar-refractivity contribution is 9.10. The molecule has 0 aliphatic heterocycles. The van der Waals surface area contributed by atoms with Crippen LogP contribution in [0.4, 0.5) is 11.6 Å². The molecule has 0 unspecified atom stereocenters. The zero-order valence-electron chi connectivity index (χ0n) is 10.1. The van der Waals surface area contributed by atoms with Gasteiger partial charge in [-0.15, -0.1) is 0 Å². The Labute approximate surface area is 118 Å². The first-order valence-corrected chi connectivity index (χ1v) is 6.26. The number of hydrogen-bond acceptors (Lipinski definition) is 5. The predicted molar refractivity (Wildman–Crippen MR) is 76.7 cm³/mol. The number of amides is 1. The number of aryl methyl sites for hydroxylation is 1. The molecule has 0 aromatic carbocycles. The van der Waals surface area contributed by atoms with E-state index in [1.165, 1.54) is 0 Å². The van der Waals surface area contributed by atoms with Gasteiger partial charge in [-0.3, -0.25) is 4.79 Å². The molecule has 2 rings (SSSR count). The van der Waals surface area contributed by atoms with E-state index in [1.807, 2.05) is 6.92 Å². The normalized spacial score (nSPS) is 10.1. The molecule has 4 N–H and O–H groups in total. The summed E-state index contributed by atoms with van der Waals surface area (Å²) < 4.78 is 0.887. The van der Waals surface area contributed by atoms with E-state index in [0.717, 1.165) is 10.0 Å². The largest absolute Gasteiger partial charge is 0.308 e. The van der Waals surface area contributed by atoms with E-state index in [9.17, 15) is 4.79 Å². The number of nitrogens with zero attached hydrogens (tertiary/aromatic N) is 2. The first kappa shape index (κ1) is 13.4. The second-order valence-corrected chi connectivity index (χ2v) is 4.68. The molecule has 0 radical (unpaired) electrons. The Hall–Kier alpha value is -1.99. The first-order chi connectivity index (χ1) is 9.10. The number of nitrogens with two attached hydrogens (primary N) is 1. The van der Waals surface area contributed by atoms with Crippen molar-refractivity contribution in [1.82, 2.24) is 9.97 Å². The van der Waals surface area contributed by atoms with Crippen LogP contribution in [0.25, 0.3) is 0 Å². The molecule has 0 spiro atoms. The predicted octanol–water partition coefficient (Wildman–Crippen LogP) is 2.09. The van der Waals surface area contributed by atoms with E-state index < -0.39 is 0 Å². The summed E-state index contributed by atoms with van der Waals surface area (Å²) in [4.78, 5) is 20.1. The lowest BCUT2D eigenvalue weighted by atomic mass is 10.3. The number of nitrogens with one attached hydrogen (secondary N) is 2. The number of rotatable bonds is 3. The minimum Gasteiger partial charge on any atom is -0.308 e. The summed E-state index contributed by atoms with van der Waals surface area (Å²) in [7, 11) is 0. The van der Waals surface area contributed by atoms with E-state index in [2.05, 4.69) is 36.6 Å². The second-order valence-electron chi connectivity index (χ2n) is 3.83. The molecule has 0 atom stereocenters. The Kier molecular flexibility index (Phi) is 4.08. The van der Waals surface area contributed by atoms with Crippen molar-refractivity contribution in [3.05, 3.63) is 46.2 Å². The summed E-state index contributed by atoms with van der Waals surface area (Å²) in [5, 5.41) is 2.68. The Morgan fingerprint density at radius 3 is 2.84 bits per heavy atom. The molecule has 2 aromatic heterocycles. The molecule has 1 amide bonds. The maximum Gasteiger partial charge on any atom is 0.275 e. The van der Waals surface area contributed by atoms with Crippen molar-refractivity contribution in [2.24, 2.45) is 5.84 Å². The molecule has 2 aromatic rings. The minimum atomic E-state index is -0.341. The highest BCUT2D eigenvalue weighted by Crippen LogP contribution is 2.17. The SMILES string of the molecule is Cc1cc(NC(=O)c2cccc(NN)n2)ncc1Br. The van der Waals surface area contributed by atoms with E-state index in [0.29, 0.717) is 11.6 Å². The number of anilines is 2. The Morgan fingerprint density at radius 1 is 1.37 bits per heavy atom. The summed E-state index contributed by atoms with van der Waals surface area (Å²) in [5.74, 6) is 5.80. The number of carbonyl (C=O) groups is 1. The lowest BCUT2D eigenvalue weighted by Crippen LogP contribution is -2.16. The Bertz CT molecular complexity index is 617. The number of pyridine rings is 2. The van der Waals surface area contributed by atoms with Crippen LogP contribution < -0.4 is 16.6 Å². The smallest absolute Gasteiger partial charge is 0.275 e. The molecule has 7 heteroatoms. The van der Waals surface area contributed by atoms with Crippen LogP contribution in [0.5, 0.6) is 0 Å². The lowest BCUT2D eigenvalue weighted by Gasteiger charge is -2.06. The lowest BCUT2D eigenvalue weighted by molar-refractivity contribution is 0.102. The van der Waals surface area contributed by atoms with Gasteiger partial charge < -0.3 is 10.7 Å². The topological polar surface area (TPSA) is 92.9 Å². The number of hydrazine groups is 1. The molecule has 0 aliphatic carbocycles. The van der Waals surface area contributed by atoms with Gasteiger partial charge in [-0.1, -0.05) is 6.07 Å². The Balaban J connectivity index is 2.18. The first-order valence-electron chi connectivity index (χ1n) is 5.47. The van der Waals surface area contributed by atoms with Crippen LogP contribution in [0.3, 0.4) is 0 Å². The highest BCUT2D eigenvalue weighted by Gasteiger charge is 2.09. The van der Waals surface area contributed by atoms with Crippen molar-refractivity contribution in [3.63, 3.8) is 0 Å². The van der Waals surface area contributed by atoms with Gasteiger partial charge in [0, 0.05) is 10.7 Å². The third-order valence-corrected chi connectivity index (χ3v) is 3.25. The number of carbonyl (C=O) groups excluding carboxylic acids is 1. The van der Waals surface area contributed by atoms with Crippen molar-refractivity contribution >= 4 is 33.5 Å². The van der Waals surface area contributed by atoms with Gasteiger partial charge in [0.2, 0.25) is 0 Å². The molecule has 0 saturated heterocycles. The third kappa shape index (κ3) is 3.27. The summed E-state index contributed by atoms with van der Waals surface area (Å²) in [6.07, 6.45) is 1.64. The highest BCUT2D eigenvalue weighted by atomic mass is 79.9.